The smallest absolute Gasteiger partial charge is 0.114 e. The Kier molecular flexibility index (Phi) is 7.05. The first kappa shape index (κ1) is 20.8. The van der Waals surface area contributed by atoms with Gasteiger partial charge in [0.2, 0.25) is 0 Å². The fraction of sp³-hybridized carbons (Fsp3) is 0.308. The Morgan fingerprint density at radius 3 is 1.04 bits per heavy atom. The molecule has 0 amide bonds. The molecule has 0 radical (unpaired) electrons. The van der Waals surface area contributed by atoms with Gasteiger partial charge in [-0.05, 0) is 72.4 Å². The molecule has 0 atom stereocenters. The van der Waals surface area contributed by atoms with Gasteiger partial charge in [0.1, 0.15) is 23.2 Å². The summed E-state index contributed by atoms with van der Waals surface area (Å²) in [7, 11) is -1.89. The van der Waals surface area contributed by atoms with Gasteiger partial charge < -0.3 is 5.11 Å². The van der Waals surface area contributed by atoms with Crippen molar-refractivity contribution in [3.63, 3.8) is 0 Å². The molecule has 0 aliphatic carbocycles. The molecule has 0 fully saturated rings. The van der Waals surface area contributed by atoms with E-state index in [4.69, 9.17) is 0 Å². The van der Waals surface area contributed by atoms with Gasteiger partial charge in [0, 0.05) is 0 Å². The summed E-state index contributed by atoms with van der Waals surface area (Å²) in [6, 6.07) is 27.3. The van der Waals surface area contributed by atoms with E-state index in [0.29, 0.717) is 0 Å². The van der Waals surface area contributed by atoms with Crippen LogP contribution >= 0.6 is 7.26 Å². The van der Waals surface area contributed by atoms with Crippen LogP contribution in [0.15, 0.2) is 72.8 Å². The van der Waals surface area contributed by atoms with Crippen molar-refractivity contribution in [3.8, 4) is 0 Å². The highest BCUT2D eigenvalue weighted by Gasteiger charge is 2.44. The first-order chi connectivity index (χ1) is 13.7. The SMILES string of the molecule is CCc1ccc([P+](CCO)(c2ccc(CC)cc2)c2ccc(CC)cc2)cc1. The third-order valence-electron chi connectivity index (χ3n) is 5.79. The van der Waals surface area contributed by atoms with Crippen molar-refractivity contribution in [1.82, 2.24) is 0 Å². The van der Waals surface area contributed by atoms with E-state index in [1.165, 1.54) is 32.6 Å². The van der Waals surface area contributed by atoms with Crippen LogP contribution in [0, 0.1) is 0 Å². The molecule has 0 bridgehead atoms. The topological polar surface area (TPSA) is 20.2 Å². The molecule has 1 N–H and O–H groups in total. The molecular formula is C26H32OP+. The van der Waals surface area contributed by atoms with Crippen molar-refractivity contribution in [2.24, 2.45) is 0 Å². The largest absolute Gasteiger partial charge is 0.393 e. The molecule has 0 aliphatic rings. The van der Waals surface area contributed by atoms with Crippen LogP contribution in [0.25, 0.3) is 0 Å². The molecule has 28 heavy (non-hydrogen) atoms. The number of aryl methyl sites for hydroxylation is 3. The Morgan fingerprint density at radius 1 is 0.536 bits per heavy atom. The van der Waals surface area contributed by atoms with Crippen LogP contribution in [0.4, 0.5) is 0 Å². The molecule has 3 rings (SSSR count). The van der Waals surface area contributed by atoms with Gasteiger partial charge in [-0.3, -0.25) is 0 Å². The fourth-order valence-electron chi connectivity index (χ4n) is 3.94. The molecule has 0 spiro atoms. The van der Waals surface area contributed by atoms with Gasteiger partial charge in [-0.25, -0.2) is 0 Å². The Morgan fingerprint density at radius 2 is 0.821 bits per heavy atom. The van der Waals surface area contributed by atoms with Crippen molar-refractivity contribution in [3.05, 3.63) is 89.5 Å². The maximum Gasteiger partial charge on any atom is 0.114 e. The van der Waals surface area contributed by atoms with E-state index in [0.717, 1.165) is 25.4 Å². The van der Waals surface area contributed by atoms with Gasteiger partial charge >= 0.3 is 0 Å². The molecule has 1 nitrogen and oxygen atoms in total. The maximum atomic E-state index is 10.1. The highest BCUT2D eigenvalue weighted by molar-refractivity contribution is 7.95. The summed E-state index contributed by atoms with van der Waals surface area (Å²) >= 11 is 0. The molecular weight excluding hydrogens is 359 g/mol. The van der Waals surface area contributed by atoms with Gasteiger partial charge in [-0.15, -0.1) is 0 Å². The second-order valence-electron chi connectivity index (χ2n) is 7.32. The minimum atomic E-state index is -1.89. The molecule has 0 heterocycles. The first-order valence-electron chi connectivity index (χ1n) is 10.4. The van der Waals surface area contributed by atoms with Crippen LogP contribution in [0.5, 0.6) is 0 Å². The van der Waals surface area contributed by atoms with E-state index in [-0.39, 0.29) is 6.61 Å². The zero-order valence-corrected chi connectivity index (χ0v) is 18.3. The van der Waals surface area contributed by atoms with Gasteiger partial charge in [-0.2, -0.15) is 0 Å². The molecule has 0 aromatic heterocycles. The summed E-state index contributed by atoms with van der Waals surface area (Å²) in [6.07, 6.45) is 3.90. The lowest BCUT2D eigenvalue weighted by atomic mass is 10.2. The van der Waals surface area contributed by atoms with Crippen molar-refractivity contribution in [2.45, 2.75) is 40.0 Å². The zero-order chi connectivity index (χ0) is 20.0. The summed E-state index contributed by atoms with van der Waals surface area (Å²) in [5.74, 6) is 0. The van der Waals surface area contributed by atoms with Crippen LogP contribution in [0.3, 0.4) is 0 Å². The van der Waals surface area contributed by atoms with Gasteiger partial charge in [-0.1, -0.05) is 57.2 Å². The lowest BCUT2D eigenvalue weighted by Gasteiger charge is -2.27. The number of rotatable bonds is 8. The summed E-state index contributed by atoms with van der Waals surface area (Å²) in [6.45, 7) is 6.77. The lowest BCUT2D eigenvalue weighted by Crippen LogP contribution is -2.34. The van der Waals surface area contributed by atoms with Crippen LogP contribution in [-0.4, -0.2) is 17.9 Å². The normalized spacial score (nSPS) is 11.6. The standard InChI is InChI=1S/C26H32OP/c1-4-21-7-13-24(14-8-21)28(20-19-27,25-15-9-22(5-2)10-16-25)26-17-11-23(6-3)12-18-26/h7-18,27H,4-6,19-20H2,1-3H3/q+1. The zero-order valence-electron chi connectivity index (χ0n) is 17.4. The number of benzene rings is 3. The predicted octanol–water partition coefficient (Wildman–Crippen LogP) is 4.66. The third kappa shape index (κ3) is 4.07. The molecule has 0 saturated carbocycles. The summed E-state index contributed by atoms with van der Waals surface area (Å²) in [4.78, 5) is 0. The molecule has 3 aromatic rings. The van der Waals surface area contributed by atoms with Crippen LogP contribution in [0.1, 0.15) is 37.5 Å². The lowest BCUT2D eigenvalue weighted by molar-refractivity contribution is 0.321. The quantitative estimate of drug-likeness (QED) is 0.554. The van der Waals surface area contributed by atoms with Gasteiger partial charge in [0.25, 0.3) is 0 Å². The third-order valence-corrected chi connectivity index (χ3v) is 10.2. The van der Waals surface area contributed by atoms with E-state index in [1.54, 1.807) is 0 Å². The molecule has 3 aromatic carbocycles. The fourth-order valence-corrected chi connectivity index (χ4v) is 7.89. The van der Waals surface area contributed by atoms with E-state index >= 15 is 0 Å². The van der Waals surface area contributed by atoms with Gasteiger partial charge in [0.15, 0.2) is 0 Å². The van der Waals surface area contributed by atoms with Crippen LogP contribution in [0.2, 0.25) is 0 Å². The molecule has 0 saturated heterocycles. The highest BCUT2D eigenvalue weighted by atomic mass is 31.2. The summed E-state index contributed by atoms with van der Waals surface area (Å²) in [5, 5.41) is 14.2. The maximum absolute atomic E-state index is 10.1. The molecule has 0 unspecified atom stereocenters. The Hall–Kier alpha value is -1.95. The first-order valence-corrected chi connectivity index (χ1v) is 12.4. The molecule has 146 valence electrons. The average molecular weight is 392 g/mol. The minimum absolute atomic E-state index is 0.189. The molecule has 0 aliphatic heterocycles. The van der Waals surface area contributed by atoms with Gasteiger partial charge in [0.05, 0.1) is 12.8 Å². The van der Waals surface area contributed by atoms with E-state index in [1.807, 2.05) is 0 Å². The Labute approximate surface area is 170 Å². The Bertz CT molecular complexity index is 748. The minimum Gasteiger partial charge on any atom is -0.393 e. The number of hydrogen-bond donors (Lipinski definition) is 1. The monoisotopic (exact) mass is 391 g/mol. The number of aliphatic hydroxyl groups is 1. The predicted molar refractivity (Wildman–Crippen MR) is 125 cm³/mol. The Balaban J connectivity index is 2.23. The summed E-state index contributed by atoms with van der Waals surface area (Å²) < 4.78 is 0. The molecule has 2 heteroatoms. The van der Waals surface area contributed by atoms with E-state index in [2.05, 4.69) is 93.6 Å². The van der Waals surface area contributed by atoms with E-state index in [9.17, 15) is 5.11 Å². The van der Waals surface area contributed by atoms with E-state index < -0.39 is 7.26 Å². The van der Waals surface area contributed by atoms with Crippen molar-refractivity contribution in [1.29, 1.82) is 0 Å². The van der Waals surface area contributed by atoms with Crippen molar-refractivity contribution >= 4 is 23.2 Å². The van der Waals surface area contributed by atoms with Crippen molar-refractivity contribution < 1.29 is 5.11 Å². The highest BCUT2D eigenvalue weighted by Crippen LogP contribution is 2.55. The second-order valence-corrected chi connectivity index (χ2v) is 10.9. The van der Waals surface area contributed by atoms with Crippen LogP contribution < -0.4 is 15.9 Å². The second kappa shape index (κ2) is 9.50. The van der Waals surface area contributed by atoms with Crippen molar-refractivity contribution in [2.75, 3.05) is 12.8 Å². The summed E-state index contributed by atoms with van der Waals surface area (Å²) in [5.41, 5.74) is 4.07. The van der Waals surface area contributed by atoms with Crippen LogP contribution in [-0.2, 0) is 19.3 Å². The number of hydrogen-bond acceptors (Lipinski definition) is 1. The average Bonchev–Trinajstić information content (AvgIpc) is 2.78. The number of aliphatic hydroxyl groups excluding tert-OH is 1.